The van der Waals surface area contributed by atoms with Gasteiger partial charge in [-0.3, -0.25) is 4.79 Å². The van der Waals surface area contributed by atoms with Crippen LogP contribution in [0.1, 0.15) is 20.9 Å². The highest BCUT2D eigenvalue weighted by Crippen LogP contribution is 2.37. The topological polar surface area (TPSA) is 87.5 Å². The Kier molecular flexibility index (Phi) is 8.27. The number of benzene rings is 2. The molecule has 0 unspecified atom stereocenters. The average molecular weight is 574 g/mol. The molecule has 2 saturated heterocycles. The normalized spacial score (nSPS) is 16.7. The molecule has 39 heavy (non-hydrogen) atoms. The minimum atomic E-state index is -4.64. The molecule has 5 rings (SSSR count). The molecule has 0 saturated carbocycles. The van der Waals surface area contributed by atoms with E-state index in [0.29, 0.717) is 37.4 Å². The van der Waals surface area contributed by atoms with Gasteiger partial charge in [-0.2, -0.15) is 18.4 Å². The number of nitrogens with one attached hydrogen (secondary N) is 2. The van der Waals surface area contributed by atoms with Gasteiger partial charge < -0.3 is 20.4 Å². The third kappa shape index (κ3) is 6.65. The average Bonchev–Trinajstić information content (AvgIpc) is 3.41. The van der Waals surface area contributed by atoms with Crippen LogP contribution in [0.25, 0.3) is 0 Å². The molecule has 1 amide bonds. The summed E-state index contributed by atoms with van der Waals surface area (Å²) in [6.45, 7) is 5.91. The zero-order valence-corrected chi connectivity index (χ0v) is 22.5. The van der Waals surface area contributed by atoms with E-state index >= 15 is 0 Å². The van der Waals surface area contributed by atoms with Crippen molar-refractivity contribution >= 4 is 45.7 Å². The van der Waals surface area contributed by atoms with Crippen LogP contribution in [0, 0.1) is 11.3 Å². The lowest BCUT2D eigenvalue weighted by Gasteiger charge is -2.33. The molecule has 2 aliphatic rings. The summed E-state index contributed by atoms with van der Waals surface area (Å²) in [7, 11) is 0. The third-order valence-electron chi connectivity index (χ3n) is 6.43. The molecule has 0 bridgehead atoms. The van der Waals surface area contributed by atoms with Crippen molar-refractivity contribution in [3.63, 3.8) is 0 Å². The van der Waals surface area contributed by atoms with Gasteiger partial charge in [-0.15, -0.1) is 0 Å². The van der Waals surface area contributed by atoms with Gasteiger partial charge in [0.2, 0.25) is 0 Å². The van der Waals surface area contributed by atoms with Gasteiger partial charge in [0.25, 0.3) is 5.91 Å². The lowest BCUT2D eigenvalue weighted by molar-refractivity contribution is -0.140. The Morgan fingerprint density at radius 2 is 1.74 bits per heavy atom. The van der Waals surface area contributed by atoms with E-state index in [4.69, 9.17) is 5.26 Å². The van der Waals surface area contributed by atoms with Crippen LogP contribution in [-0.2, 0) is 6.18 Å². The Labute approximate surface area is 232 Å². The molecule has 0 spiro atoms. The van der Waals surface area contributed by atoms with Crippen molar-refractivity contribution in [2.75, 3.05) is 67.5 Å². The first kappa shape index (κ1) is 27.3. The van der Waals surface area contributed by atoms with Crippen LogP contribution < -0.4 is 20.4 Å². The van der Waals surface area contributed by atoms with E-state index in [0.717, 1.165) is 48.1 Å². The smallest absolute Gasteiger partial charge is 0.369 e. The summed E-state index contributed by atoms with van der Waals surface area (Å²) in [5, 5.41) is 15.6. The maximum Gasteiger partial charge on any atom is 0.435 e. The van der Waals surface area contributed by atoms with Crippen molar-refractivity contribution in [2.45, 2.75) is 11.1 Å². The van der Waals surface area contributed by atoms with Crippen LogP contribution >= 0.6 is 23.3 Å². The standard InChI is InChI=1S/C26H26F3N7OS2/c27-26(28,29)23-22(17-30)38-25(33-23)35-12-14-36(15-13-35)39-21-6-4-19(5-7-21)32-24(37)18-2-1-3-20(16-18)34-10-8-31-9-11-34/h1-7,16,31H,8-15H2,(H,32,37). The number of aromatic nitrogens is 1. The number of hydrogen-bond donors (Lipinski definition) is 2. The van der Waals surface area contributed by atoms with Crippen LogP contribution in [0.4, 0.5) is 29.7 Å². The van der Waals surface area contributed by atoms with Crippen molar-refractivity contribution < 1.29 is 18.0 Å². The van der Waals surface area contributed by atoms with Gasteiger partial charge in [0.05, 0.1) is 0 Å². The molecule has 1 aromatic heterocycles. The fourth-order valence-electron chi connectivity index (χ4n) is 4.40. The first-order chi connectivity index (χ1) is 18.8. The van der Waals surface area contributed by atoms with Crippen molar-refractivity contribution in [1.82, 2.24) is 14.6 Å². The van der Waals surface area contributed by atoms with Gasteiger partial charge in [-0.25, -0.2) is 9.29 Å². The minimum absolute atomic E-state index is 0.168. The quantitative estimate of drug-likeness (QED) is 0.417. The van der Waals surface area contributed by atoms with E-state index in [-0.39, 0.29) is 11.0 Å². The maximum atomic E-state index is 13.1. The minimum Gasteiger partial charge on any atom is -0.369 e. The summed E-state index contributed by atoms with van der Waals surface area (Å²) in [6, 6.07) is 16.8. The van der Waals surface area contributed by atoms with Crippen molar-refractivity contribution in [3.05, 3.63) is 64.7 Å². The number of thiazole rings is 1. The first-order valence-electron chi connectivity index (χ1n) is 12.4. The zero-order valence-electron chi connectivity index (χ0n) is 20.9. The van der Waals surface area contributed by atoms with Crippen LogP contribution in [0.15, 0.2) is 53.4 Å². The van der Waals surface area contributed by atoms with Crippen LogP contribution in [0.2, 0.25) is 0 Å². The molecule has 2 fully saturated rings. The predicted molar refractivity (Wildman–Crippen MR) is 147 cm³/mol. The van der Waals surface area contributed by atoms with Gasteiger partial charge in [0, 0.05) is 74.2 Å². The number of halogens is 3. The summed E-state index contributed by atoms with van der Waals surface area (Å²) in [5.74, 6) is -0.168. The number of alkyl halides is 3. The summed E-state index contributed by atoms with van der Waals surface area (Å²) < 4.78 is 41.5. The molecule has 2 N–H and O–H groups in total. The zero-order chi connectivity index (χ0) is 27.4. The van der Waals surface area contributed by atoms with E-state index in [1.54, 1.807) is 22.9 Å². The Bertz CT molecular complexity index is 1340. The SMILES string of the molecule is N#Cc1sc(N2CCN(Sc3ccc(NC(=O)c4cccc(N5CCNCC5)c4)cc3)CC2)nc1C(F)(F)F. The van der Waals surface area contributed by atoms with Gasteiger partial charge in [-0.05, 0) is 54.4 Å². The number of carbonyl (C=O) groups is 1. The van der Waals surface area contributed by atoms with Crippen LogP contribution in [-0.4, -0.2) is 67.6 Å². The third-order valence-corrected chi connectivity index (χ3v) is 8.56. The van der Waals surface area contributed by atoms with Gasteiger partial charge >= 0.3 is 6.18 Å². The molecule has 2 aromatic carbocycles. The molecular formula is C26H26F3N7OS2. The van der Waals surface area contributed by atoms with E-state index in [1.807, 2.05) is 48.5 Å². The highest BCUT2D eigenvalue weighted by Gasteiger charge is 2.38. The Morgan fingerprint density at radius 3 is 2.38 bits per heavy atom. The molecule has 0 radical (unpaired) electrons. The monoisotopic (exact) mass is 573 g/mol. The lowest BCUT2D eigenvalue weighted by Crippen LogP contribution is -2.43. The highest BCUT2D eigenvalue weighted by atomic mass is 32.2. The summed E-state index contributed by atoms with van der Waals surface area (Å²) in [4.78, 5) is 21.2. The Hall–Kier alpha value is -3.31. The summed E-state index contributed by atoms with van der Waals surface area (Å²) in [5.41, 5.74) is 1.23. The molecule has 13 heteroatoms. The Morgan fingerprint density at radius 1 is 1.03 bits per heavy atom. The van der Waals surface area contributed by atoms with Crippen molar-refractivity contribution in [1.29, 1.82) is 5.26 Å². The van der Waals surface area contributed by atoms with Gasteiger partial charge in [0.15, 0.2) is 10.8 Å². The first-order valence-corrected chi connectivity index (χ1v) is 14.0. The molecule has 0 aliphatic carbocycles. The fourth-order valence-corrected chi connectivity index (χ4v) is 6.24. The molecule has 3 heterocycles. The van der Waals surface area contributed by atoms with Crippen molar-refractivity contribution in [3.8, 4) is 6.07 Å². The number of piperazine rings is 2. The fraction of sp³-hybridized carbons (Fsp3) is 0.346. The van der Waals surface area contributed by atoms with E-state index in [1.165, 1.54) is 0 Å². The predicted octanol–water partition coefficient (Wildman–Crippen LogP) is 4.52. The number of carbonyl (C=O) groups excluding carboxylic acids is 1. The number of nitrogens with zero attached hydrogens (tertiary/aromatic N) is 5. The second kappa shape index (κ2) is 11.8. The molecule has 3 aromatic rings. The van der Waals surface area contributed by atoms with Gasteiger partial charge in [-0.1, -0.05) is 17.4 Å². The summed E-state index contributed by atoms with van der Waals surface area (Å²) in [6.07, 6.45) is -4.64. The largest absolute Gasteiger partial charge is 0.435 e. The number of nitriles is 1. The van der Waals surface area contributed by atoms with Crippen LogP contribution in [0.5, 0.6) is 0 Å². The number of anilines is 3. The number of hydrogen-bond acceptors (Lipinski definition) is 9. The molecule has 0 atom stereocenters. The second-order valence-electron chi connectivity index (χ2n) is 9.06. The number of rotatable bonds is 6. The molecular weight excluding hydrogens is 547 g/mol. The highest BCUT2D eigenvalue weighted by molar-refractivity contribution is 7.97. The Balaban J connectivity index is 1.13. The maximum absolute atomic E-state index is 13.1. The molecule has 8 nitrogen and oxygen atoms in total. The van der Waals surface area contributed by atoms with E-state index in [9.17, 15) is 18.0 Å². The van der Waals surface area contributed by atoms with E-state index in [2.05, 4.69) is 24.8 Å². The number of amides is 1. The van der Waals surface area contributed by atoms with Gasteiger partial charge in [0.1, 0.15) is 10.9 Å². The molecule has 204 valence electrons. The second-order valence-corrected chi connectivity index (χ2v) is 11.2. The van der Waals surface area contributed by atoms with Crippen LogP contribution in [0.3, 0.4) is 0 Å². The summed E-state index contributed by atoms with van der Waals surface area (Å²) >= 11 is 2.33. The van der Waals surface area contributed by atoms with E-state index < -0.39 is 16.7 Å². The molecule has 2 aliphatic heterocycles. The lowest BCUT2D eigenvalue weighted by atomic mass is 10.1. The van der Waals surface area contributed by atoms with Crippen molar-refractivity contribution in [2.24, 2.45) is 0 Å².